The predicted octanol–water partition coefficient (Wildman–Crippen LogP) is 5.47. The second kappa shape index (κ2) is 13.4. The molecule has 1 fully saturated rings. The molecule has 1 atom stereocenters. The van der Waals surface area contributed by atoms with Crippen molar-refractivity contribution in [3.05, 3.63) is 82.9 Å². The van der Waals surface area contributed by atoms with Crippen molar-refractivity contribution in [3.63, 3.8) is 0 Å². The second-order valence-corrected chi connectivity index (χ2v) is 9.43. The monoisotopic (exact) mass is 539 g/mol. The lowest BCUT2D eigenvalue weighted by Gasteiger charge is -2.36. The summed E-state index contributed by atoms with van der Waals surface area (Å²) in [5.74, 6) is 2.00. The van der Waals surface area contributed by atoms with Crippen LogP contribution in [0.4, 0.5) is 10.5 Å². The first-order valence-electron chi connectivity index (χ1n) is 12.5. The van der Waals surface area contributed by atoms with Crippen molar-refractivity contribution in [2.45, 2.75) is 12.7 Å². The Morgan fingerprint density at radius 3 is 2.34 bits per heavy atom. The van der Waals surface area contributed by atoms with Crippen molar-refractivity contribution in [2.75, 3.05) is 59.4 Å². The Balaban J connectivity index is 1.37. The zero-order valence-electron chi connectivity index (χ0n) is 22.0. The highest BCUT2D eigenvalue weighted by Crippen LogP contribution is 2.30. The maximum Gasteiger partial charge on any atom is 0.322 e. The van der Waals surface area contributed by atoms with Crippen molar-refractivity contribution in [1.82, 2.24) is 9.80 Å². The van der Waals surface area contributed by atoms with E-state index in [9.17, 15) is 4.79 Å². The number of amides is 2. The molecule has 9 heteroatoms. The SMILES string of the molecule is COc1cccc(C(CN2CCN(C(=O)Nc3ccc(OC)cc3OC)CC2)OCc2cccc(Cl)c2)c1. The number of urea groups is 1. The number of anilines is 1. The van der Waals surface area contributed by atoms with E-state index in [4.69, 9.17) is 30.5 Å². The van der Waals surface area contributed by atoms with Crippen LogP contribution in [-0.2, 0) is 11.3 Å². The maximum atomic E-state index is 13.0. The zero-order valence-corrected chi connectivity index (χ0v) is 22.7. The van der Waals surface area contributed by atoms with E-state index in [0.717, 1.165) is 30.0 Å². The van der Waals surface area contributed by atoms with E-state index in [0.29, 0.717) is 48.5 Å². The van der Waals surface area contributed by atoms with Gasteiger partial charge in [-0.05, 0) is 47.5 Å². The summed E-state index contributed by atoms with van der Waals surface area (Å²) in [5, 5.41) is 3.64. The lowest BCUT2D eigenvalue weighted by atomic mass is 10.1. The van der Waals surface area contributed by atoms with Gasteiger partial charge >= 0.3 is 6.03 Å². The Bertz CT molecular complexity index is 1220. The van der Waals surface area contributed by atoms with E-state index < -0.39 is 0 Å². The van der Waals surface area contributed by atoms with Gasteiger partial charge in [0.15, 0.2) is 0 Å². The van der Waals surface area contributed by atoms with Gasteiger partial charge in [0.1, 0.15) is 17.2 Å². The normalized spacial score (nSPS) is 14.6. The molecule has 1 aliphatic rings. The number of carbonyl (C=O) groups is 1. The molecule has 3 aromatic rings. The van der Waals surface area contributed by atoms with Crippen LogP contribution in [0.3, 0.4) is 0 Å². The molecule has 1 heterocycles. The number of hydrogen-bond donors (Lipinski definition) is 1. The first kappa shape index (κ1) is 27.6. The molecule has 1 unspecified atom stereocenters. The molecule has 4 rings (SSSR count). The molecule has 202 valence electrons. The maximum absolute atomic E-state index is 13.0. The van der Waals surface area contributed by atoms with Crippen LogP contribution >= 0.6 is 11.6 Å². The molecule has 0 saturated carbocycles. The van der Waals surface area contributed by atoms with Crippen LogP contribution in [-0.4, -0.2) is 69.9 Å². The Kier molecular flexibility index (Phi) is 9.70. The summed E-state index contributed by atoms with van der Waals surface area (Å²) in [5.41, 5.74) is 2.66. The standard InChI is InChI=1S/C29H34ClN3O5/c1-35-24-9-5-7-22(17-24)28(38-20-21-6-4-8-23(30)16-21)19-32-12-14-33(15-13-32)29(34)31-26-11-10-25(36-2)18-27(26)37-3/h4-11,16-18,28H,12-15,19-20H2,1-3H3,(H,31,34). The third-order valence-electron chi connectivity index (χ3n) is 6.54. The highest BCUT2D eigenvalue weighted by Gasteiger charge is 2.25. The zero-order chi connectivity index (χ0) is 26.9. The molecular formula is C29H34ClN3O5. The Morgan fingerprint density at radius 2 is 1.63 bits per heavy atom. The van der Waals surface area contributed by atoms with Crippen molar-refractivity contribution in [2.24, 2.45) is 0 Å². The van der Waals surface area contributed by atoms with Crippen LogP contribution in [0.2, 0.25) is 5.02 Å². The molecule has 2 amide bonds. The van der Waals surface area contributed by atoms with Gasteiger partial charge in [-0.1, -0.05) is 35.9 Å². The van der Waals surface area contributed by atoms with Gasteiger partial charge in [-0.25, -0.2) is 4.79 Å². The van der Waals surface area contributed by atoms with E-state index >= 15 is 0 Å². The Hall–Kier alpha value is -3.46. The summed E-state index contributed by atoms with van der Waals surface area (Å²) in [7, 11) is 4.82. The molecule has 0 aliphatic carbocycles. The van der Waals surface area contributed by atoms with Gasteiger partial charge in [0.25, 0.3) is 0 Å². The molecule has 8 nitrogen and oxygen atoms in total. The molecule has 3 aromatic carbocycles. The number of benzene rings is 3. The second-order valence-electron chi connectivity index (χ2n) is 8.99. The molecule has 0 spiro atoms. The van der Waals surface area contributed by atoms with Crippen molar-refractivity contribution in [1.29, 1.82) is 0 Å². The summed E-state index contributed by atoms with van der Waals surface area (Å²) in [4.78, 5) is 17.1. The highest BCUT2D eigenvalue weighted by atomic mass is 35.5. The fourth-order valence-electron chi connectivity index (χ4n) is 4.38. The van der Waals surface area contributed by atoms with Gasteiger partial charge in [-0.3, -0.25) is 4.90 Å². The number of nitrogens with zero attached hydrogens (tertiary/aromatic N) is 2. The predicted molar refractivity (Wildman–Crippen MR) is 149 cm³/mol. The van der Waals surface area contributed by atoms with Crippen LogP contribution in [0.5, 0.6) is 17.2 Å². The Labute approximate surface area is 229 Å². The number of methoxy groups -OCH3 is 3. The average molecular weight is 540 g/mol. The van der Waals surface area contributed by atoms with Crippen LogP contribution < -0.4 is 19.5 Å². The number of ether oxygens (including phenoxy) is 4. The third kappa shape index (κ3) is 7.31. The Morgan fingerprint density at radius 1 is 0.895 bits per heavy atom. The topological polar surface area (TPSA) is 72.5 Å². The molecule has 0 bridgehead atoms. The number of nitrogens with one attached hydrogen (secondary N) is 1. The van der Waals surface area contributed by atoms with Crippen LogP contribution in [0.15, 0.2) is 66.7 Å². The van der Waals surface area contributed by atoms with Crippen molar-refractivity contribution < 1.29 is 23.7 Å². The fraction of sp³-hybridized carbons (Fsp3) is 0.345. The summed E-state index contributed by atoms with van der Waals surface area (Å²) >= 11 is 6.16. The number of rotatable bonds is 10. The van der Waals surface area contributed by atoms with Crippen LogP contribution in [0.25, 0.3) is 0 Å². The number of hydrogen-bond acceptors (Lipinski definition) is 6. The molecule has 38 heavy (non-hydrogen) atoms. The smallest absolute Gasteiger partial charge is 0.322 e. The summed E-state index contributed by atoms with van der Waals surface area (Å²) in [6.45, 7) is 3.79. The van der Waals surface area contributed by atoms with E-state index in [1.165, 1.54) is 0 Å². The number of halogens is 1. The van der Waals surface area contributed by atoms with E-state index in [2.05, 4.69) is 16.3 Å². The average Bonchev–Trinajstić information content (AvgIpc) is 2.95. The minimum atomic E-state index is -0.173. The van der Waals surface area contributed by atoms with Gasteiger partial charge in [0.2, 0.25) is 0 Å². The molecule has 0 radical (unpaired) electrons. The molecular weight excluding hydrogens is 506 g/mol. The highest BCUT2D eigenvalue weighted by molar-refractivity contribution is 6.30. The summed E-state index contributed by atoms with van der Waals surface area (Å²) < 4.78 is 22.5. The minimum absolute atomic E-state index is 0.158. The summed E-state index contributed by atoms with van der Waals surface area (Å²) in [6, 6.07) is 20.8. The summed E-state index contributed by atoms with van der Waals surface area (Å²) in [6.07, 6.45) is -0.173. The lowest BCUT2D eigenvalue weighted by Crippen LogP contribution is -2.50. The van der Waals surface area contributed by atoms with E-state index in [-0.39, 0.29) is 12.1 Å². The van der Waals surface area contributed by atoms with Crippen molar-refractivity contribution in [3.8, 4) is 17.2 Å². The molecule has 1 aliphatic heterocycles. The van der Waals surface area contributed by atoms with E-state index in [1.807, 2.05) is 47.4 Å². The fourth-order valence-corrected chi connectivity index (χ4v) is 4.60. The quantitative estimate of drug-likeness (QED) is 0.368. The van der Waals surface area contributed by atoms with Crippen LogP contribution in [0, 0.1) is 0 Å². The number of piperazine rings is 1. The largest absolute Gasteiger partial charge is 0.497 e. The van der Waals surface area contributed by atoms with Gasteiger partial charge in [-0.2, -0.15) is 0 Å². The van der Waals surface area contributed by atoms with Gasteiger partial charge in [-0.15, -0.1) is 0 Å². The first-order chi connectivity index (χ1) is 18.5. The van der Waals surface area contributed by atoms with Gasteiger partial charge < -0.3 is 29.2 Å². The molecule has 0 aromatic heterocycles. The third-order valence-corrected chi connectivity index (χ3v) is 6.77. The van der Waals surface area contributed by atoms with Gasteiger partial charge in [0.05, 0.1) is 39.7 Å². The van der Waals surface area contributed by atoms with Crippen LogP contribution in [0.1, 0.15) is 17.2 Å². The van der Waals surface area contributed by atoms with Crippen molar-refractivity contribution >= 4 is 23.3 Å². The molecule has 1 N–H and O–H groups in total. The lowest BCUT2D eigenvalue weighted by molar-refractivity contribution is 0.00584. The molecule has 1 saturated heterocycles. The minimum Gasteiger partial charge on any atom is -0.497 e. The van der Waals surface area contributed by atoms with E-state index in [1.54, 1.807) is 39.5 Å². The number of carbonyl (C=O) groups excluding carboxylic acids is 1. The van der Waals surface area contributed by atoms with Gasteiger partial charge in [0, 0.05) is 43.8 Å². The first-order valence-corrected chi connectivity index (χ1v) is 12.9.